The van der Waals surface area contributed by atoms with E-state index in [1.165, 1.54) is 21.5 Å². The number of hydrogen-bond acceptors (Lipinski definition) is 5. The predicted octanol–water partition coefficient (Wildman–Crippen LogP) is 12.5. The van der Waals surface area contributed by atoms with E-state index in [4.69, 9.17) is 19.4 Å². The molecule has 5 nitrogen and oxygen atoms in total. The maximum absolute atomic E-state index is 6.68. The summed E-state index contributed by atoms with van der Waals surface area (Å²) >= 11 is 0. The van der Waals surface area contributed by atoms with E-state index < -0.39 is 0 Å². The van der Waals surface area contributed by atoms with Gasteiger partial charge in [-0.1, -0.05) is 146 Å². The van der Waals surface area contributed by atoms with Crippen LogP contribution in [0.15, 0.2) is 186 Å². The molecule has 0 fully saturated rings. The average molecular weight is 667 g/mol. The Hall–Kier alpha value is -7.11. The van der Waals surface area contributed by atoms with E-state index in [1.807, 2.05) is 66.7 Å². The molecular weight excluding hydrogens is 637 g/mol. The standard InChI is InChI=1S/C47H30N4O/c1-3-16-33(17-4-1)45-48-46(34-18-5-2-6-19-34)50-47(49-45)35-28-29-38-43(30-35)52-42-27-13-26-41(44(38)42)51(39-24-11-20-31-14-7-9-22-36(31)39)40-25-12-21-32-15-8-10-23-37(32)40/h1-30H. The molecule has 5 heteroatoms. The average Bonchev–Trinajstić information content (AvgIpc) is 3.60. The quantitative estimate of drug-likeness (QED) is 0.177. The largest absolute Gasteiger partial charge is 0.456 e. The lowest BCUT2D eigenvalue weighted by molar-refractivity contribution is 0.669. The van der Waals surface area contributed by atoms with Crippen LogP contribution < -0.4 is 4.90 Å². The van der Waals surface area contributed by atoms with Gasteiger partial charge in [0.2, 0.25) is 0 Å². The Balaban J connectivity index is 1.19. The number of benzene rings is 8. The zero-order valence-corrected chi connectivity index (χ0v) is 28.0. The van der Waals surface area contributed by atoms with E-state index >= 15 is 0 Å². The molecule has 0 saturated heterocycles. The summed E-state index contributed by atoms with van der Waals surface area (Å²) < 4.78 is 6.68. The van der Waals surface area contributed by atoms with Crippen molar-refractivity contribution in [2.45, 2.75) is 0 Å². The van der Waals surface area contributed by atoms with Gasteiger partial charge in [0.1, 0.15) is 11.2 Å². The number of anilines is 3. The topological polar surface area (TPSA) is 55.1 Å². The fourth-order valence-electron chi connectivity index (χ4n) is 7.27. The van der Waals surface area contributed by atoms with E-state index in [9.17, 15) is 0 Å². The first-order chi connectivity index (χ1) is 25.8. The Labute approximate surface area is 300 Å². The highest BCUT2D eigenvalue weighted by Gasteiger charge is 2.23. The summed E-state index contributed by atoms with van der Waals surface area (Å²) in [6, 6.07) is 62.8. The molecule has 0 N–H and O–H groups in total. The van der Waals surface area contributed by atoms with Crippen LogP contribution in [0.2, 0.25) is 0 Å². The molecule has 10 aromatic rings. The predicted molar refractivity (Wildman–Crippen MR) is 213 cm³/mol. The van der Waals surface area contributed by atoms with Crippen LogP contribution >= 0.6 is 0 Å². The van der Waals surface area contributed by atoms with Crippen molar-refractivity contribution in [1.82, 2.24) is 15.0 Å². The van der Waals surface area contributed by atoms with Gasteiger partial charge in [0, 0.05) is 32.8 Å². The second kappa shape index (κ2) is 12.3. The third-order valence-corrected chi connectivity index (χ3v) is 9.69. The monoisotopic (exact) mass is 666 g/mol. The first kappa shape index (κ1) is 29.8. The number of furan rings is 1. The lowest BCUT2D eigenvalue weighted by Crippen LogP contribution is -2.11. The molecule has 52 heavy (non-hydrogen) atoms. The molecule has 2 heterocycles. The number of hydrogen-bond donors (Lipinski definition) is 0. The lowest BCUT2D eigenvalue weighted by Gasteiger charge is -2.28. The van der Waals surface area contributed by atoms with Crippen LogP contribution in [-0.2, 0) is 0 Å². The molecule has 244 valence electrons. The highest BCUT2D eigenvalue weighted by Crippen LogP contribution is 2.47. The summed E-state index contributed by atoms with van der Waals surface area (Å²) in [4.78, 5) is 17.2. The molecule has 0 atom stereocenters. The van der Waals surface area contributed by atoms with Crippen molar-refractivity contribution in [3.05, 3.63) is 182 Å². The third kappa shape index (κ3) is 5.07. The summed E-state index contributed by atoms with van der Waals surface area (Å²) in [7, 11) is 0. The third-order valence-electron chi connectivity index (χ3n) is 9.69. The van der Waals surface area contributed by atoms with Gasteiger partial charge < -0.3 is 9.32 Å². The van der Waals surface area contributed by atoms with Crippen LogP contribution in [0, 0.1) is 0 Å². The van der Waals surface area contributed by atoms with Gasteiger partial charge in [0.25, 0.3) is 0 Å². The van der Waals surface area contributed by atoms with Crippen molar-refractivity contribution in [2.75, 3.05) is 4.90 Å². The Morgan fingerprint density at radius 3 is 1.42 bits per heavy atom. The van der Waals surface area contributed by atoms with Gasteiger partial charge in [-0.15, -0.1) is 0 Å². The van der Waals surface area contributed by atoms with Crippen molar-refractivity contribution >= 4 is 60.5 Å². The van der Waals surface area contributed by atoms with Crippen LogP contribution in [0.4, 0.5) is 17.1 Å². The highest BCUT2D eigenvalue weighted by molar-refractivity contribution is 6.16. The van der Waals surface area contributed by atoms with Crippen LogP contribution in [-0.4, -0.2) is 15.0 Å². The van der Waals surface area contributed by atoms with Crippen LogP contribution in [0.1, 0.15) is 0 Å². The van der Waals surface area contributed by atoms with Crippen LogP contribution in [0.25, 0.3) is 77.6 Å². The zero-order chi connectivity index (χ0) is 34.4. The van der Waals surface area contributed by atoms with Crippen molar-refractivity contribution < 1.29 is 4.42 Å². The number of rotatable bonds is 6. The van der Waals surface area contributed by atoms with E-state index in [0.717, 1.165) is 55.7 Å². The highest BCUT2D eigenvalue weighted by atomic mass is 16.3. The molecule has 8 aromatic carbocycles. The van der Waals surface area contributed by atoms with Crippen molar-refractivity contribution in [2.24, 2.45) is 0 Å². The number of fused-ring (bicyclic) bond motifs is 5. The molecule has 0 spiro atoms. The second-order valence-electron chi connectivity index (χ2n) is 12.8. The molecule has 2 aromatic heterocycles. The van der Waals surface area contributed by atoms with Gasteiger partial charge in [0.05, 0.1) is 22.4 Å². The molecule has 0 saturated carbocycles. The molecule has 0 aliphatic rings. The maximum Gasteiger partial charge on any atom is 0.164 e. The van der Waals surface area contributed by atoms with E-state index in [0.29, 0.717) is 17.5 Å². The summed E-state index contributed by atoms with van der Waals surface area (Å²) in [5.41, 5.74) is 7.51. The minimum atomic E-state index is 0.587. The fraction of sp³-hybridized carbons (Fsp3) is 0. The maximum atomic E-state index is 6.68. The van der Waals surface area contributed by atoms with Crippen molar-refractivity contribution in [3.63, 3.8) is 0 Å². The molecule has 0 amide bonds. The van der Waals surface area contributed by atoms with Crippen LogP contribution in [0.3, 0.4) is 0 Å². The van der Waals surface area contributed by atoms with Gasteiger partial charge in [-0.3, -0.25) is 0 Å². The van der Waals surface area contributed by atoms with Gasteiger partial charge in [-0.2, -0.15) is 0 Å². The smallest absolute Gasteiger partial charge is 0.164 e. The molecule has 0 radical (unpaired) electrons. The van der Waals surface area contributed by atoms with Gasteiger partial charge in [-0.25, -0.2) is 15.0 Å². The first-order valence-corrected chi connectivity index (χ1v) is 17.4. The van der Waals surface area contributed by atoms with Gasteiger partial charge >= 0.3 is 0 Å². The number of aromatic nitrogens is 3. The molecular formula is C47H30N4O. The van der Waals surface area contributed by atoms with Gasteiger partial charge in [-0.05, 0) is 47.2 Å². The minimum absolute atomic E-state index is 0.587. The Morgan fingerprint density at radius 2 is 0.827 bits per heavy atom. The molecule has 0 bridgehead atoms. The van der Waals surface area contributed by atoms with Crippen molar-refractivity contribution in [1.29, 1.82) is 0 Å². The summed E-state index contributed by atoms with van der Waals surface area (Å²) in [6.45, 7) is 0. The van der Waals surface area contributed by atoms with E-state index in [1.54, 1.807) is 0 Å². The minimum Gasteiger partial charge on any atom is -0.456 e. The SMILES string of the molecule is c1ccc(-c2nc(-c3ccccc3)nc(-c3ccc4c(c3)oc3cccc(N(c5cccc6ccccc56)c5cccc6ccccc56)c34)n2)cc1. The molecule has 0 unspecified atom stereocenters. The normalized spacial score (nSPS) is 11.5. The van der Waals surface area contributed by atoms with Gasteiger partial charge in [0.15, 0.2) is 17.5 Å². The van der Waals surface area contributed by atoms with E-state index in [2.05, 4.69) is 120 Å². The van der Waals surface area contributed by atoms with Crippen molar-refractivity contribution in [3.8, 4) is 34.2 Å². The first-order valence-electron chi connectivity index (χ1n) is 17.4. The Morgan fingerprint density at radius 1 is 0.346 bits per heavy atom. The summed E-state index contributed by atoms with van der Waals surface area (Å²) in [5, 5.41) is 6.75. The fourth-order valence-corrected chi connectivity index (χ4v) is 7.27. The Kier molecular flexibility index (Phi) is 7.07. The lowest BCUT2D eigenvalue weighted by atomic mass is 10.0. The molecule has 0 aliphatic carbocycles. The van der Waals surface area contributed by atoms with Crippen LogP contribution in [0.5, 0.6) is 0 Å². The second-order valence-corrected chi connectivity index (χ2v) is 12.8. The molecule has 0 aliphatic heterocycles. The Bertz CT molecular complexity index is 2770. The summed E-state index contributed by atoms with van der Waals surface area (Å²) in [6.07, 6.45) is 0. The molecule has 10 rings (SSSR count). The van der Waals surface area contributed by atoms with E-state index in [-0.39, 0.29) is 0 Å². The number of nitrogens with zero attached hydrogens (tertiary/aromatic N) is 4. The zero-order valence-electron chi connectivity index (χ0n) is 28.0. The summed E-state index contributed by atoms with van der Waals surface area (Å²) in [5.74, 6) is 1.83.